The molecule has 0 aliphatic rings. The molecule has 0 spiro atoms. The minimum absolute atomic E-state index is 0.0350. The Kier molecular flexibility index (Phi) is 5.98. The van der Waals surface area contributed by atoms with E-state index in [9.17, 15) is 15.0 Å². The lowest BCUT2D eigenvalue weighted by Gasteiger charge is -2.12. The Morgan fingerprint density at radius 1 is 1.00 bits per heavy atom. The highest BCUT2D eigenvalue weighted by Gasteiger charge is 2.18. The number of para-hydroxylation sites is 3. The van der Waals surface area contributed by atoms with E-state index in [1.165, 1.54) is 12.1 Å². The molecule has 0 aliphatic carbocycles. The number of carbonyl (C=O) groups excluding carboxylic acids is 1. The second kappa shape index (κ2) is 9.18. The second-order valence-electron chi connectivity index (χ2n) is 7.01. The van der Waals surface area contributed by atoms with Crippen LogP contribution in [0.1, 0.15) is 15.9 Å². The van der Waals surface area contributed by atoms with Crippen molar-refractivity contribution in [2.45, 2.75) is 6.54 Å². The van der Waals surface area contributed by atoms with Crippen LogP contribution in [0.4, 0.5) is 5.69 Å². The monoisotopic (exact) mass is 427 g/mol. The first-order chi connectivity index (χ1) is 15.6. The number of hydrogen-bond donors (Lipinski definition) is 2. The van der Waals surface area contributed by atoms with Crippen molar-refractivity contribution in [2.75, 3.05) is 6.61 Å². The van der Waals surface area contributed by atoms with Gasteiger partial charge in [-0.15, -0.1) is 10.2 Å². The molecular weight excluding hydrogens is 406 g/mol. The molecule has 0 atom stereocenters. The number of carbonyl (C=O) groups is 1. The number of aromatic hydroxyl groups is 2. The molecule has 1 heterocycles. The number of phenolic OH excluding ortho intramolecular Hbond substituents is 1. The van der Waals surface area contributed by atoms with E-state index in [0.29, 0.717) is 24.3 Å². The lowest BCUT2D eigenvalue weighted by molar-refractivity contribution is 0.0992. The third-order valence-corrected chi connectivity index (χ3v) is 4.95. The third kappa shape index (κ3) is 4.09. The first-order valence-electron chi connectivity index (χ1n) is 9.96. The molecule has 160 valence electrons. The van der Waals surface area contributed by atoms with E-state index in [2.05, 4.69) is 16.8 Å². The average molecular weight is 427 g/mol. The largest absolute Gasteiger partial charge is 0.507 e. The summed E-state index contributed by atoms with van der Waals surface area (Å²) in [5.74, 6) is -0.331. The van der Waals surface area contributed by atoms with Crippen molar-refractivity contribution in [1.82, 2.24) is 4.57 Å². The molecule has 0 bridgehead atoms. The number of azo groups is 1. The molecule has 1 aromatic heterocycles. The second-order valence-corrected chi connectivity index (χ2v) is 7.01. The number of aromatic nitrogens is 1. The molecule has 0 fully saturated rings. The predicted molar refractivity (Wildman–Crippen MR) is 122 cm³/mol. The Morgan fingerprint density at radius 3 is 2.53 bits per heavy atom. The standard InChI is InChI=1S/C25H21N3O4/c1-2-15-32-22-14-8-3-9-17(22)16-28-20-12-6-4-10-18(20)23(25(28)31)26-27-24(30)19-11-5-7-13-21(19)29/h2-14,29,31H,1,15-16H2. The van der Waals surface area contributed by atoms with Crippen molar-refractivity contribution in [3.63, 3.8) is 0 Å². The van der Waals surface area contributed by atoms with Gasteiger partial charge in [-0.2, -0.15) is 0 Å². The van der Waals surface area contributed by atoms with Crippen LogP contribution in [-0.4, -0.2) is 27.3 Å². The lowest BCUT2D eigenvalue weighted by atomic mass is 10.2. The van der Waals surface area contributed by atoms with E-state index in [0.717, 1.165) is 11.1 Å². The Bertz CT molecular complexity index is 1320. The van der Waals surface area contributed by atoms with Crippen LogP contribution in [-0.2, 0) is 6.54 Å². The van der Waals surface area contributed by atoms with Gasteiger partial charge < -0.3 is 19.5 Å². The lowest BCUT2D eigenvalue weighted by Crippen LogP contribution is -2.03. The molecule has 7 heteroatoms. The van der Waals surface area contributed by atoms with Gasteiger partial charge in [0, 0.05) is 10.9 Å². The van der Waals surface area contributed by atoms with Gasteiger partial charge in [-0.25, -0.2) is 0 Å². The summed E-state index contributed by atoms with van der Waals surface area (Å²) in [5.41, 5.74) is 1.80. The van der Waals surface area contributed by atoms with Crippen LogP contribution in [0.2, 0.25) is 0 Å². The van der Waals surface area contributed by atoms with Gasteiger partial charge in [0.2, 0.25) is 5.88 Å². The fourth-order valence-electron chi connectivity index (χ4n) is 3.43. The maximum Gasteiger partial charge on any atom is 0.299 e. The summed E-state index contributed by atoms with van der Waals surface area (Å²) in [7, 11) is 0. The van der Waals surface area contributed by atoms with E-state index < -0.39 is 5.91 Å². The molecule has 3 aromatic carbocycles. The molecule has 4 aromatic rings. The highest BCUT2D eigenvalue weighted by molar-refractivity contribution is 5.98. The van der Waals surface area contributed by atoms with Crippen molar-refractivity contribution >= 4 is 22.5 Å². The average Bonchev–Trinajstić information content (AvgIpc) is 3.08. The minimum Gasteiger partial charge on any atom is -0.507 e. The summed E-state index contributed by atoms with van der Waals surface area (Å²) in [6.45, 7) is 4.36. The smallest absolute Gasteiger partial charge is 0.299 e. The van der Waals surface area contributed by atoms with Gasteiger partial charge in [0.05, 0.1) is 17.6 Å². The number of benzene rings is 3. The van der Waals surface area contributed by atoms with Crippen LogP contribution in [0.3, 0.4) is 0 Å². The number of hydrogen-bond acceptors (Lipinski definition) is 5. The quantitative estimate of drug-likeness (QED) is 0.297. The highest BCUT2D eigenvalue weighted by atomic mass is 16.5. The topological polar surface area (TPSA) is 96.4 Å². The maximum absolute atomic E-state index is 12.4. The molecular formula is C25H21N3O4. The zero-order valence-corrected chi connectivity index (χ0v) is 17.2. The van der Waals surface area contributed by atoms with Crippen LogP contribution in [0.5, 0.6) is 17.4 Å². The molecule has 0 radical (unpaired) electrons. The van der Waals surface area contributed by atoms with Crippen LogP contribution < -0.4 is 4.74 Å². The van der Waals surface area contributed by atoms with Crippen molar-refractivity contribution in [3.8, 4) is 17.4 Å². The maximum atomic E-state index is 12.4. The Morgan fingerprint density at radius 2 is 1.72 bits per heavy atom. The zero-order valence-electron chi connectivity index (χ0n) is 17.2. The number of nitrogens with zero attached hydrogens (tertiary/aromatic N) is 3. The van der Waals surface area contributed by atoms with Gasteiger partial charge in [-0.05, 0) is 24.3 Å². The van der Waals surface area contributed by atoms with Crippen LogP contribution >= 0.6 is 0 Å². The van der Waals surface area contributed by atoms with E-state index in [1.54, 1.807) is 28.8 Å². The summed E-state index contributed by atoms with van der Waals surface area (Å²) in [5, 5.41) is 29.2. The van der Waals surface area contributed by atoms with Crippen LogP contribution in [0.25, 0.3) is 10.9 Å². The first-order valence-corrected chi connectivity index (χ1v) is 9.96. The summed E-state index contributed by atoms with van der Waals surface area (Å²) in [4.78, 5) is 12.4. The minimum atomic E-state index is -0.706. The number of ether oxygens (including phenoxy) is 1. The summed E-state index contributed by atoms with van der Waals surface area (Å²) >= 11 is 0. The van der Waals surface area contributed by atoms with Crippen molar-refractivity contribution in [2.24, 2.45) is 10.2 Å². The van der Waals surface area contributed by atoms with Gasteiger partial charge in [0.25, 0.3) is 5.91 Å². The van der Waals surface area contributed by atoms with E-state index in [-0.39, 0.29) is 22.9 Å². The van der Waals surface area contributed by atoms with Gasteiger partial charge in [0.15, 0.2) is 5.69 Å². The molecule has 0 unspecified atom stereocenters. The number of amides is 1. The molecule has 1 amide bonds. The van der Waals surface area contributed by atoms with Crippen LogP contribution in [0.15, 0.2) is 95.7 Å². The molecule has 32 heavy (non-hydrogen) atoms. The summed E-state index contributed by atoms with van der Waals surface area (Å²) < 4.78 is 7.42. The molecule has 0 saturated heterocycles. The summed E-state index contributed by atoms with van der Waals surface area (Å²) in [6.07, 6.45) is 1.67. The molecule has 0 saturated carbocycles. The Balaban J connectivity index is 1.73. The Labute approximate surface area is 184 Å². The van der Waals surface area contributed by atoms with Crippen molar-refractivity contribution < 1.29 is 19.7 Å². The van der Waals surface area contributed by atoms with E-state index >= 15 is 0 Å². The molecule has 2 N–H and O–H groups in total. The van der Waals surface area contributed by atoms with E-state index in [1.807, 2.05) is 42.5 Å². The first kappa shape index (κ1) is 20.9. The molecule has 4 rings (SSSR count). The zero-order chi connectivity index (χ0) is 22.5. The van der Waals surface area contributed by atoms with E-state index in [4.69, 9.17) is 4.74 Å². The fraction of sp³-hybridized carbons (Fsp3) is 0.0800. The molecule has 0 aliphatic heterocycles. The van der Waals surface area contributed by atoms with Gasteiger partial charge in [0.1, 0.15) is 18.1 Å². The normalized spacial score (nSPS) is 11.1. The molecule has 7 nitrogen and oxygen atoms in total. The van der Waals surface area contributed by atoms with Gasteiger partial charge >= 0.3 is 0 Å². The van der Waals surface area contributed by atoms with Crippen molar-refractivity contribution in [3.05, 3.63) is 96.6 Å². The van der Waals surface area contributed by atoms with Crippen LogP contribution in [0, 0.1) is 0 Å². The predicted octanol–water partition coefficient (Wildman–Crippen LogP) is 5.59. The van der Waals surface area contributed by atoms with Crippen molar-refractivity contribution in [1.29, 1.82) is 0 Å². The summed E-state index contributed by atoms with van der Waals surface area (Å²) in [6, 6.07) is 20.9. The highest BCUT2D eigenvalue weighted by Crippen LogP contribution is 2.40. The fourth-order valence-corrected chi connectivity index (χ4v) is 3.43. The number of fused-ring (bicyclic) bond motifs is 1. The van der Waals surface area contributed by atoms with Gasteiger partial charge in [-0.3, -0.25) is 4.79 Å². The van der Waals surface area contributed by atoms with Gasteiger partial charge in [-0.1, -0.05) is 61.2 Å². The Hall–Kier alpha value is -4.39. The number of rotatable bonds is 7. The third-order valence-electron chi connectivity index (χ3n) is 4.95. The number of phenols is 1. The SMILES string of the molecule is C=CCOc1ccccc1Cn1c(O)c(N=NC(=O)c2ccccc2O)c2ccccc21.